The minimum atomic E-state index is -0.739. The molecule has 0 spiro atoms. The van der Waals surface area contributed by atoms with Crippen LogP contribution in [-0.2, 0) is 9.59 Å². The van der Waals surface area contributed by atoms with Crippen LogP contribution in [0.3, 0.4) is 0 Å². The molecular weight excluding hydrogens is 504 g/mol. The van der Waals surface area contributed by atoms with Crippen molar-refractivity contribution < 1.29 is 14.7 Å². The molecule has 0 amide bonds. The van der Waals surface area contributed by atoms with Gasteiger partial charge in [-0.05, 0) is 115 Å². The molecule has 230 valence electrons. The fourth-order valence-electron chi connectivity index (χ4n) is 11.0. The molecule has 6 aliphatic carbocycles. The lowest BCUT2D eigenvalue weighted by atomic mass is 9.34. The predicted molar refractivity (Wildman–Crippen MR) is 171 cm³/mol. The molecule has 0 aromatic heterocycles. The number of hydrogen-bond donors (Lipinski definition) is 1. The van der Waals surface area contributed by atoms with Gasteiger partial charge < -0.3 is 5.11 Å². The van der Waals surface area contributed by atoms with Gasteiger partial charge in [0, 0.05) is 11.3 Å². The zero-order valence-electron chi connectivity index (χ0n) is 27.0. The van der Waals surface area contributed by atoms with Crippen molar-refractivity contribution in [3.8, 4) is 0 Å². The maximum atomic E-state index is 14.5. The quantitative estimate of drug-likeness (QED) is 0.371. The molecule has 0 radical (unpaired) electrons. The van der Waals surface area contributed by atoms with Gasteiger partial charge in [0.05, 0.1) is 5.41 Å². The highest BCUT2D eigenvalue weighted by Gasteiger charge is 2.70. The minimum Gasteiger partial charge on any atom is -0.481 e. The van der Waals surface area contributed by atoms with Crippen molar-refractivity contribution in [1.29, 1.82) is 0 Å². The van der Waals surface area contributed by atoms with E-state index in [9.17, 15) is 14.7 Å². The fraction of sp³-hybridized carbons (Fsp3) is 0.789. The maximum absolute atomic E-state index is 14.5. The minimum absolute atomic E-state index is 0. The topological polar surface area (TPSA) is 54.4 Å². The van der Waals surface area contributed by atoms with E-state index in [0.29, 0.717) is 18.3 Å². The van der Waals surface area contributed by atoms with Gasteiger partial charge in [-0.25, -0.2) is 0 Å². The molecule has 8 atom stereocenters. The lowest BCUT2D eigenvalue weighted by Crippen LogP contribution is -2.65. The Morgan fingerprint density at radius 2 is 1.61 bits per heavy atom. The number of carboxylic acids is 1. The van der Waals surface area contributed by atoms with Gasteiger partial charge in [0.15, 0.2) is 5.78 Å². The summed E-state index contributed by atoms with van der Waals surface area (Å²) in [6, 6.07) is 0. The summed E-state index contributed by atoms with van der Waals surface area (Å²) in [5, 5.41) is 10.6. The molecule has 0 bridgehead atoms. The molecule has 0 saturated heterocycles. The third kappa shape index (κ3) is 4.40. The van der Waals surface area contributed by atoms with Crippen molar-refractivity contribution in [2.24, 2.45) is 50.7 Å². The third-order valence-corrected chi connectivity index (χ3v) is 13.4. The number of carbonyl (C=O) groups is 2. The summed E-state index contributed by atoms with van der Waals surface area (Å²) >= 11 is 0. The Hall–Kier alpha value is -1.64. The van der Waals surface area contributed by atoms with Crippen molar-refractivity contribution >= 4 is 11.8 Å². The highest BCUT2D eigenvalue weighted by Crippen LogP contribution is 2.74. The van der Waals surface area contributed by atoms with Crippen LogP contribution in [0.25, 0.3) is 0 Å². The zero-order valence-corrected chi connectivity index (χ0v) is 27.0. The van der Waals surface area contributed by atoms with Gasteiger partial charge >= 0.3 is 5.97 Å². The van der Waals surface area contributed by atoms with Crippen LogP contribution in [-0.4, -0.2) is 16.9 Å². The number of rotatable bonds is 3. The van der Waals surface area contributed by atoms with Crippen molar-refractivity contribution in [2.75, 3.05) is 0 Å². The lowest BCUT2D eigenvalue weighted by Gasteiger charge is -2.68. The van der Waals surface area contributed by atoms with Gasteiger partial charge in [-0.3, -0.25) is 9.59 Å². The summed E-state index contributed by atoms with van der Waals surface area (Å²) in [5.74, 6) is 0.397. The summed E-state index contributed by atoms with van der Waals surface area (Å²) in [7, 11) is 0. The second-order valence-corrected chi connectivity index (χ2v) is 15.8. The second-order valence-electron chi connectivity index (χ2n) is 15.8. The van der Waals surface area contributed by atoms with Crippen LogP contribution in [0.1, 0.15) is 140 Å². The molecular formula is C38H60O3. The Bertz CT molecular complexity index is 1180. The molecule has 6 rings (SSSR count). The van der Waals surface area contributed by atoms with E-state index in [1.54, 1.807) is 16.7 Å². The zero-order chi connectivity index (χ0) is 29.5. The van der Waals surface area contributed by atoms with Crippen molar-refractivity contribution in [2.45, 2.75) is 140 Å². The van der Waals surface area contributed by atoms with Gasteiger partial charge in [0.2, 0.25) is 0 Å². The number of ketones is 1. The molecule has 4 fully saturated rings. The average molecular weight is 565 g/mol. The maximum Gasteiger partial charge on any atom is 0.309 e. The Morgan fingerprint density at radius 1 is 0.976 bits per heavy atom. The number of fused-ring (bicyclic) bond motifs is 7. The normalized spacial score (nSPS) is 43.9. The summed E-state index contributed by atoms with van der Waals surface area (Å²) in [6.07, 6.45) is 15.9. The first-order valence-corrected chi connectivity index (χ1v) is 16.7. The van der Waals surface area contributed by atoms with Crippen LogP contribution < -0.4 is 0 Å². The van der Waals surface area contributed by atoms with Crippen LogP contribution in [0.15, 0.2) is 34.4 Å². The molecule has 4 saturated carbocycles. The van der Waals surface area contributed by atoms with Gasteiger partial charge in [0.1, 0.15) is 0 Å². The van der Waals surface area contributed by atoms with E-state index in [-0.39, 0.29) is 46.7 Å². The molecule has 0 aromatic carbocycles. The summed E-state index contributed by atoms with van der Waals surface area (Å²) < 4.78 is 0. The van der Waals surface area contributed by atoms with E-state index in [0.717, 1.165) is 44.9 Å². The first-order chi connectivity index (χ1) is 18.7. The van der Waals surface area contributed by atoms with E-state index < -0.39 is 11.4 Å². The Balaban J connectivity index is 0.00000126. The molecule has 6 aliphatic rings. The molecule has 1 N–H and O–H groups in total. The van der Waals surface area contributed by atoms with Gasteiger partial charge in [0.25, 0.3) is 0 Å². The molecule has 0 heterocycles. The Morgan fingerprint density at radius 3 is 2.20 bits per heavy atom. The monoisotopic (exact) mass is 564 g/mol. The first-order valence-electron chi connectivity index (χ1n) is 16.7. The Labute approximate surface area is 251 Å². The summed E-state index contributed by atoms with van der Waals surface area (Å²) in [5.41, 5.74) is 5.24. The van der Waals surface area contributed by atoms with Gasteiger partial charge in [-0.2, -0.15) is 0 Å². The van der Waals surface area contributed by atoms with Crippen LogP contribution >= 0.6 is 0 Å². The van der Waals surface area contributed by atoms with Crippen molar-refractivity contribution in [3.63, 3.8) is 0 Å². The number of carboxylic acid groups (broad SMARTS) is 1. The first kappa shape index (κ1) is 32.3. The predicted octanol–water partition coefficient (Wildman–Crippen LogP) is 10.4. The number of hydrogen-bond acceptors (Lipinski definition) is 2. The van der Waals surface area contributed by atoms with E-state index in [2.05, 4.69) is 60.6 Å². The summed E-state index contributed by atoms with van der Waals surface area (Å²) in [6.45, 7) is 20.6. The highest BCUT2D eigenvalue weighted by molar-refractivity contribution is 5.96. The third-order valence-electron chi connectivity index (χ3n) is 13.4. The Kier molecular flexibility index (Phi) is 8.28. The molecule has 3 heteroatoms. The fourth-order valence-corrected chi connectivity index (χ4v) is 11.0. The van der Waals surface area contributed by atoms with Crippen LogP contribution in [0.5, 0.6) is 0 Å². The SMILES string of the molecule is C.CC.CCCC1=CC2(C)C3=CC(=O)C4C5CC(C)(C)CCC5(C(=O)O)CC[C@@]4(C)C3(C)CCC2C(C)C1=C1CC1. The molecule has 3 nitrogen and oxygen atoms in total. The van der Waals surface area contributed by atoms with Crippen molar-refractivity contribution in [3.05, 3.63) is 34.4 Å². The number of carbonyl (C=O) groups excluding carboxylic acids is 1. The second kappa shape index (κ2) is 10.5. The smallest absolute Gasteiger partial charge is 0.309 e. The molecule has 0 aliphatic heterocycles. The van der Waals surface area contributed by atoms with Crippen LogP contribution in [0, 0.1) is 50.7 Å². The molecule has 0 aromatic rings. The summed E-state index contributed by atoms with van der Waals surface area (Å²) in [4.78, 5) is 27.3. The van der Waals surface area contributed by atoms with Crippen LogP contribution in [0.2, 0.25) is 0 Å². The average Bonchev–Trinajstić information content (AvgIpc) is 3.71. The largest absolute Gasteiger partial charge is 0.481 e. The van der Waals surface area contributed by atoms with Crippen LogP contribution in [0.4, 0.5) is 0 Å². The lowest BCUT2D eigenvalue weighted by molar-refractivity contribution is -0.187. The van der Waals surface area contributed by atoms with Crippen molar-refractivity contribution in [1.82, 2.24) is 0 Å². The van der Waals surface area contributed by atoms with Gasteiger partial charge in [-0.1, -0.05) is 93.4 Å². The van der Waals surface area contributed by atoms with E-state index in [1.807, 2.05) is 13.8 Å². The van der Waals surface area contributed by atoms with E-state index >= 15 is 0 Å². The number of allylic oxidation sites excluding steroid dienone is 6. The number of aliphatic carboxylic acids is 1. The van der Waals surface area contributed by atoms with E-state index in [1.165, 1.54) is 24.8 Å². The molecule has 41 heavy (non-hydrogen) atoms. The standard InChI is InChI=1S/C35H50O3.C2H6.CH4/c1-8-9-23-19-32(5)24(21(2)28(23)22-10-11-22)12-13-33(6)27(32)18-26(36)29-25-20-31(3,4)14-16-35(25,30(37)38)17-15-34(29,33)7;1-2;/h18-19,21,24-25,29H,8-17,20H2,1-7H3,(H,37,38);1-2H3;1H4/t21?,24?,25?,29?,32?,33?,34-,35?;;/m1../s1. The highest BCUT2D eigenvalue weighted by atomic mass is 16.4. The van der Waals surface area contributed by atoms with E-state index in [4.69, 9.17) is 0 Å². The molecule has 7 unspecified atom stereocenters. The van der Waals surface area contributed by atoms with Gasteiger partial charge in [-0.15, -0.1) is 0 Å².